The number of rotatable bonds is 0. The molecule has 0 spiro atoms. The Morgan fingerprint density at radius 2 is 1.91 bits per heavy atom. The van der Waals surface area contributed by atoms with Crippen molar-refractivity contribution in [1.82, 2.24) is 0 Å². The maximum absolute atomic E-state index is 9.87. The predicted molar refractivity (Wildman–Crippen MR) is 52.1 cm³/mol. The molecule has 0 N–H and O–H groups in total. The third kappa shape index (κ3) is 2.72. The van der Waals surface area contributed by atoms with Gasteiger partial charge in [0.05, 0.1) is 0 Å². The summed E-state index contributed by atoms with van der Waals surface area (Å²) in [6.07, 6.45) is 0.595. The molecule has 0 saturated heterocycles. The van der Waals surface area contributed by atoms with Crippen LogP contribution >= 0.6 is 22.6 Å². The Labute approximate surface area is 78.9 Å². The lowest BCUT2D eigenvalue weighted by molar-refractivity contribution is -0.103. The number of halogens is 1. The topological polar surface area (TPSA) is 17.1 Å². The van der Waals surface area contributed by atoms with Crippen molar-refractivity contribution < 1.29 is 4.79 Å². The van der Waals surface area contributed by atoms with Gasteiger partial charge in [-0.1, -0.05) is 5.92 Å². The van der Waals surface area contributed by atoms with Crippen molar-refractivity contribution in [2.24, 2.45) is 0 Å². The Kier molecular flexibility index (Phi) is 3.12. The van der Waals surface area contributed by atoms with E-state index in [4.69, 9.17) is 0 Å². The maximum Gasteiger partial charge on any atom is 0.193 e. The molecule has 0 unspecified atom stereocenters. The smallest absolute Gasteiger partial charge is 0.193 e. The highest BCUT2D eigenvalue weighted by Gasteiger charge is 1.85. The van der Waals surface area contributed by atoms with Gasteiger partial charge in [0.25, 0.3) is 0 Å². The summed E-state index contributed by atoms with van der Waals surface area (Å²) in [5.41, 5.74) is 0.873. The van der Waals surface area contributed by atoms with Gasteiger partial charge in [-0.2, -0.15) is 0 Å². The zero-order chi connectivity index (χ0) is 8.10. The Hall–Kier alpha value is -0.820. The Balaban J connectivity index is 2.90. The summed E-state index contributed by atoms with van der Waals surface area (Å²) < 4.78 is 1.17. The van der Waals surface area contributed by atoms with Gasteiger partial charge in [0.2, 0.25) is 0 Å². The quantitative estimate of drug-likeness (QED) is 0.393. The molecule has 0 aliphatic carbocycles. The number of carbonyl (C=O) groups excluding carboxylic acids is 1. The molecule has 54 valence electrons. The second-order valence-electron chi connectivity index (χ2n) is 1.89. The Bertz CT molecular complexity index is 303. The van der Waals surface area contributed by atoms with Crippen molar-refractivity contribution in [3.05, 3.63) is 33.4 Å². The highest BCUT2D eigenvalue weighted by atomic mass is 127. The molecular weight excluding hydrogens is 251 g/mol. The van der Waals surface area contributed by atoms with Gasteiger partial charge in [-0.3, -0.25) is 4.79 Å². The van der Waals surface area contributed by atoms with Crippen molar-refractivity contribution in [3.8, 4) is 11.8 Å². The summed E-state index contributed by atoms with van der Waals surface area (Å²) >= 11 is 2.22. The van der Waals surface area contributed by atoms with Crippen LogP contribution in [-0.4, -0.2) is 6.29 Å². The van der Waals surface area contributed by atoms with E-state index in [0.717, 1.165) is 5.56 Å². The van der Waals surface area contributed by atoms with E-state index in [1.54, 1.807) is 0 Å². The fraction of sp³-hybridized carbons (Fsp3) is 0. The van der Waals surface area contributed by atoms with Crippen molar-refractivity contribution in [1.29, 1.82) is 0 Å². The van der Waals surface area contributed by atoms with Crippen LogP contribution in [0.2, 0.25) is 0 Å². The maximum atomic E-state index is 9.87. The molecule has 1 aromatic carbocycles. The number of benzene rings is 1. The van der Waals surface area contributed by atoms with Crippen LogP contribution in [0, 0.1) is 15.4 Å². The molecule has 11 heavy (non-hydrogen) atoms. The minimum absolute atomic E-state index is 0.595. The molecule has 1 nitrogen and oxygen atoms in total. The van der Waals surface area contributed by atoms with E-state index in [9.17, 15) is 4.79 Å². The summed E-state index contributed by atoms with van der Waals surface area (Å²) in [4.78, 5) is 9.87. The van der Waals surface area contributed by atoms with Crippen LogP contribution in [0.1, 0.15) is 5.56 Å². The number of carbonyl (C=O) groups is 1. The van der Waals surface area contributed by atoms with E-state index in [-0.39, 0.29) is 0 Å². The first-order valence-electron chi connectivity index (χ1n) is 3.03. The van der Waals surface area contributed by atoms with Crippen LogP contribution in [0.5, 0.6) is 0 Å². The van der Waals surface area contributed by atoms with E-state index in [1.165, 1.54) is 3.57 Å². The molecule has 0 radical (unpaired) electrons. The molecule has 0 aromatic heterocycles. The van der Waals surface area contributed by atoms with E-state index < -0.39 is 0 Å². The fourth-order valence-corrected chi connectivity index (χ4v) is 1.01. The van der Waals surface area contributed by atoms with Crippen LogP contribution < -0.4 is 0 Å². The molecule has 1 rings (SSSR count). The predicted octanol–water partition coefficient (Wildman–Crippen LogP) is 1.84. The summed E-state index contributed by atoms with van der Waals surface area (Å²) in [5, 5.41) is 0. The lowest BCUT2D eigenvalue weighted by atomic mass is 10.2. The van der Waals surface area contributed by atoms with Gasteiger partial charge in [0.15, 0.2) is 6.29 Å². The molecule has 2 heteroatoms. The molecule has 0 atom stereocenters. The third-order valence-corrected chi connectivity index (χ3v) is 1.84. The Morgan fingerprint density at radius 1 is 1.27 bits per heavy atom. The van der Waals surface area contributed by atoms with Crippen LogP contribution in [0.25, 0.3) is 0 Å². The first-order chi connectivity index (χ1) is 5.33. The van der Waals surface area contributed by atoms with Crippen molar-refractivity contribution in [2.45, 2.75) is 0 Å². The standard InChI is InChI=1S/C9H5IO/c10-9-5-3-8(4-6-9)2-1-7-11/h3-7H. The average molecular weight is 256 g/mol. The van der Waals surface area contributed by atoms with Gasteiger partial charge in [-0.25, -0.2) is 0 Å². The van der Waals surface area contributed by atoms with Crippen LogP contribution in [0.4, 0.5) is 0 Å². The average Bonchev–Trinajstić information content (AvgIpc) is 2.04. The summed E-state index contributed by atoms with van der Waals surface area (Å²) in [6, 6.07) is 7.68. The van der Waals surface area contributed by atoms with E-state index >= 15 is 0 Å². The van der Waals surface area contributed by atoms with Crippen molar-refractivity contribution in [3.63, 3.8) is 0 Å². The van der Waals surface area contributed by atoms with Crippen molar-refractivity contribution in [2.75, 3.05) is 0 Å². The van der Waals surface area contributed by atoms with Gasteiger partial charge < -0.3 is 0 Å². The zero-order valence-electron chi connectivity index (χ0n) is 5.67. The zero-order valence-corrected chi connectivity index (χ0v) is 7.83. The van der Waals surface area contributed by atoms with Gasteiger partial charge in [0, 0.05) is 9.13 Å². The molecule has 0 amide bonds. The lowest BCUT2D eigenvalue weighted by Gasteiger charge is -1.88. The minimum atomic E-state index is 0.595. The summed E-state index contributed by atoms with van der Waals surface area (Å²) in [7, 11) is 0. The number of aldehydes is 1. The van der Waals surface area contributed by atoms with Crippen LogP contribution in [0.15, 0.2) is 24.3 Å². The molecule has 0 aliphatic rings. The van der Waals surface area contributed by atoms with Gasteiger partial charge in [0.1, 0.15) is 0 Å². The number of hydrogen-bond donors (Lipinski definition) is 0. The Morgan fingerprint density at radius 3 is 2.45 bits per heavy atom. The molecule has 0 bridgehead atoms. The molecule has 0 fully saturated rings. The largest absolute Gasteiger partial charge is 0.289 e. The van der Waals surface area contributed by atoms with Gasteiger partial charge in [-0.05, 0) is 52.8 Å². The third-order valence-electron chi connectivity index (χ3n) is 1.12. The van der Waals surface area contributed by atoms with Crippen molar-refractivity contribution >= 4 is 28.9 Å². The summed E-state index contributed by atoms with van der Waals surface area (Å²) in [5.74, 6) is 5.05. The van der Waals surface area contributed by atoms with E-state index in [0.29, 0.717) is 6.29 Å². The second-order valence-corrected chi connectivity index (χ2v) is 3.14. The molecule has 0 aliphatic heterocycles. The molecule has 0 saturated carbocycles. The SMILES string of the molecule is O=CC#Cc1ccc(I)cc1. The highest BCUT2D eigenvalue weighted by molar-refractivity contribution is 14.1. The van der Waals surface area contributed by atoms with Crippen LogP contribution in [-0.2, 0) is 4.79 Å². The fourth-order valence-electron chi connectivity index (χ4n) is 0.646. The van der Waals surface area contributed by atoms with E-state index in [2.05, 4.69) is 34.4 Å². The summed E-state index contributed by atoms with van der Waals surface area (Å²) in [6.45, 7) is 0. The first-order valence-corrected chi connectivity index (χ1v) is 4.11. The molecule has 0 heterocycles. The monoisotopic (exact) mass is 256 g/mol. The highest BCUT2D eigenvalue weighted by Crippen LogP contribution is 2.04. The van der Waals surface area contributed by atoms with Gasteiger partial charge >= 0.3 is 0 Å². The first kappa shape index (κ1) is 8.28. The van der Waals surface area contributed by atoms with Crippen LogP contribution in [0.3, 0.4) is 0 Å². The molecular formula is C9H5IO. The lowest BCUT2D eigenvalue weighted by Crippen LogP contribution is -1.74. The molecule has 1 aromatic rings. The van der Waals surface area contributed by atoms with E-state index in [1.807, 2.05) is 24.3 Å². The minimum Gasteiger partial charge on any atom is -0.289 e. The number of hydrogen-bond acceptors (Lipinski definition) is 1. The second kappa shape index (κ2) is 4.14. The van der Waals surface area contributed by atoms with Gasteiger partial charge in [-0.15, -0.1) is 0 Å². The normalized spacial score (nSPS) is 8.09.